The third-order valence-corrected chi connectivity index (χ3v) is 9.68. The molecule has 0 radical (unpaired) electrons. The molecule has 192 valence electrons. The first-order valence-electron chi connectivity index (χ1n) is 12.7. The van der Waals surface area contributed by atoms with E-state index >= 15 is 0 Å². The molecule has 9 heteroatoms. The molecule has 3 aromatic heterocycles. The Kier molecular flexibility index (Phi) is 5.64. The summed E-state index contributed by atoms with van der Waals surface area (Å²) in [5.41, 5.74) is 5.75. The molecular formula is C30H23N5O2S2. The smallest absolute Gasteiger partial charge is 0.261 e. The van der Waals surface area contributed by atoms with Gasteiger partial charge in [-0.25, -0.2) is 17.4 Å². The second-order valence-corrected chi connectivity index (χ2v) is 12.6. The minimum absolute atomic E-state index is 0.232. The molecular weight excluding hydrogens is 526 g/mol. The van der Waals surface area contributed by atoms with Crippen LogP contribution < -0.4 is 0 Å². The molecule has 0 amide bonds. The Bertz CT molecular complexity index is 1940. The van der Waals surface area contributed by atoms with Gasteiger partial charge in [-0.3, -0.25) is 4.98 Å². The van der Waals surface area contributed by atoms with Crippen molar-refractivity contribution in [3.8, 4) is 32.4 Å². The molecule has 0 N–H and O–H groups in total. The highest BCUT2D eigenvalue weighted by molar-refractivity contribution is 7.90. The van der Waals surface area contributed by atoms with Gasteiger partial charge in [0, 0.05) is 40.4 Å². The third kappa shape index (κ3) is 4.33. The topological polar surface area (TPSA) is 90.6 Å². The first kappa shape index (κ1) is 23.9. The Balaban J connectivity index is 1.40. The predicted molar refractivity (Wildman–Crippen MR) is 153 cm³/mol. The van der Waals surface area contributed by atoms with Crippen LogP contribution in [0.5, 0.6) is 0 Å². The summed E-state index contributed by atoms with van der Waals surface area (Å²) < 4.78 is 29.0. The Morgan fingerprint density at radius 2 is 1.62 bits per heavy atom. The lowest BCUT2D eigenvalue weighted by atomic mass is 10.1. The summed E-state index contributed by atoms with van der Waals surface area (Å²) in [5.74, 6) is 0.426. The van der Waals surface area contributed by atoms with Crippen LogP contribution >= 0.6 is 11.3 Å². The normalized spacial score (nSPS) is 13.7. The number of fused-ring (bicyclic) bond motifs is 1. The molecule has 0 unspecified atom stereocenters. The summed E-state index contributed by atoms with van der Waals surface area (Å²) in [4.78, 5) is 9.56. The van der Waals surface area contributed by atoms with Crippen molar-refractivity contribution in [2.24, 2.45) is 0 Å². The first-order chi connectivity index (χ1) is 19.0. The van der Waals surface area contributed by atoms with E-state index in [4.69, 9.17) is 4.98 Å². The number of hydrogen-bond donors (Lipinski definition) is 0. The van der Waals surface area contributed by atoms with E-state index in [-0.39, 0.29) is 4.90 Å². The molecule has 7 nitrogen and oxygen atoms in total. The van der Waals surface area contributed by atoms with Gasteiger partial charge in [-0.15, -0.1) is 10.2 Å². The van der Waals surface area contributed by atoms with E-state index in [0.717, 1.165) is 50.6 Å². The van der Waals surface area contributed by atoms with Crippen LogP contribution in [0.25, 0.3) is 43.3 Å². The van der Waals surface area contributed by atoms with Gasteiger partial charge in [0.1, 0.15) is 10.0 Å². The van der Waals surface area contributed by atoms with Crippen LogP contribution in [0.3, 0.4) is 0 Å². The fourth-order valence-electron chi connectivity index (χ4n) is 4.68. The molecule has 39 heavy (non-hydrogen) atoms. The van der Waals surface area contributed by atoms with Gasteiger partial charge in [-0.05, 0) is 50.1 Å². The van der Waals surface area contributed by atoms with Crippen LogP contribution in [0.2, 0.25) is 0 Å². The SMILES string of the molecule is Cc1ccc(S(=O)(=O)n2cc(-c3cncc(C4CC4)n3)c3cc(-c4nnc(-c5ccccc5)s4)ccc32)cc1. The lowest BCUT2D eigenvalue weighted by Crippen LogP contribution is -2.11. The van der Waals surface area contributed by atoms with Gasteiger partial charge in [0.25, 0.3) is 10.0 Å². The molecule has 1 fully saturated rings. The van der Waals surface area contributed by atoms with Gasteiger partial charge in [-0.1, -0.05) is 59.4 Å². The largest absolute Gasteiger partial charge is 0.268 e. The zero-order valence-electron chi connectivity index (χ0n) is 21.0. The van der Waals surface area contributed by atoms with Crippen LogP contribution in [-0.2, 0) is 10.0 Å². The van der Waals surface area contributed by atoms with Gasteiger partial charge in [0.05, 0.1) is 28.0 Å². The number of nitrogens with zero attached hydrogens (tertiary/aromatic N) is 5. The highest BCUT2D eigenvalue weighted by atomic mass is 32.2. The molecule has 0 atom stereocenters. The summed E-state index contributed by atoms with van der Waals surface area (Å²) in [6.07, 6.45) is 7.38. The summed E-state index contributed by atoms with van der Waals surface area (Å²) in [7, 11) is -3.85. The highest BCUT2D eigenvalue weighted by Gasteiger charge is 2.27. The van der Waals surface area contributed by atoms with Crippen LogP contribution in [-0.4, -0.2) is 32.6 Å². The zero-order valence-corrected chi connectivity index (χ0v) is 22.7. The standard InChI is InChI=1S/C30H23N5O2S2/c1-19-7-12-23(13-8-19)39(36,37)35-18-25(27-17-31-16-26(32-27)20-9-10-20)24-15-22(11-14-28(24)35)30-34-33-29(38-30)21-5-3-2-4-6-21/h2-8,11-18,20H,9-10H2,1H3. The molecule has 3 aromatic carbocycles. The van der Waals surface area contributed by atoms with Gasteiger partial charge in [0.15, 0.2) is 0 Å². The van der Waals surface area contributed by atoms with Crippen LogP contribution in [0, 0.1) is 6.92 Å². The van der Waals surface area contributed by atoms with Gasteiger partial charge >= 0.3 is 0 Å². The fourth-order valence-corrected chi connectivity index (χ4v) is 6.90. The maximum absolute atomic E-state index is 13.8. The molecule has 1 aliphatic carbocycles. The zero-order chi connectivity index (χ0) is 26.6. The van der Waals surface area contributed by atoms with E-state index in [0.29, 0.717) is 22.7 Å². The van der Waals surface area contributed by atoms with Crippen molar-refractivity contribution in [2.75, 3.05) is 0 Å². The summed E-state index contributed by atoms with van der Waals surface area (Å²) in [6.45, 7) is 1.93. The second-order valence-electron chi connectivity index (χ2n) is 9.77. The van der Waals surface area contributed by atoms with E-state index in [9.17, 15) is 8.42 Å². The maximum atomic E-state index is 13.8. The van der Waals surface area contributed by atoms with Gasteiger partial charge < -0.3 is 0 Å². The second kappa shape index (κ2) is 9.21. The lowest BCUT2D eigenvalue weighted by Gasteiger charge is -2.08. The fraction of sp³-hybridized carbons (Fsp3) is 0.133. The van der Waals surface area contributed by atoms with E-state index < -0.39 is 10.0 Å². The number of rotatable bonds is 6. The summed E-state index contributed by atoms with van der Waals surface area (Å²) in [6, 6.07) is 22.5. The van der Waals surface area contributed by atoms with E-state index in [1.54, 1.807) is 30.7 Å². The molecule has 6 aromatic rings. The quantitative estimate of drug-likeness (QED) is 0.229. The molecule has 0 saturated heterocycles. The average Bonchev–Trinajstić information content (AvgIpc) is 3.57. The molecule has 7 rings (SSSR count). The van der Waals surface area contributed by atoms with E-state index in [1.165, 1.54) is 15.3 Å². The molecule has 1 saturated carbocycles. The van der Waals surface area contributed by atoms with Gasteiger partial charge in [-0.2, -0.15) is 0 Å². The molecule has 0 bridgehead atoms. The third-order valence-electron chi connectivity index (χ3n) is 6.97. The predicted octanol–water partition coefficient (Wildman–Crippen LogP) is 6.71. The molecule has 0 spiro atoms. The van der Waals surface area contributed by atoms with E-state index in [1.807, 2.05) is 67.6 Å². The van der Waals surface area contributed by atoms with Crippen molar-refractivity contribution in [3.63, 3.8) is 0 Å². The van der Waals surface area contributed by atoms with Crippen molar-refractivity contribution >= 4 is 32.3 Å². The minimum atomic E-state index is -3.85. The van der Waals surface area contributed by atoms with Crippen molar-refractivity contribution in [1.82, 2.24) is 24.1 Å². The highest BCUT2D eigenvalue weighted by Crippen LogP contribution is 2.41. The van der Waals surface area contributed by atoms with Crippen LogP contribution in [0.4, 0.5) is 0 Å². The van der Waals surface area contributed by atoms with Crippen molar-refractivity contribution < 1.29 is 8.42 Å². The number of aromatic nitrogens is 5. The Morgan fingerprint density at radius 1 is 0.872 bits per heavy atom. The monoisotopic (exact) mass is 549 g/mol. The Morgan fingerprint density at radius 3 is 2.36 bits per heavy atom. The maximum Gasteiger partial charge on any atom is 0.268 e. The van der Waals surface area contributed by atoms with Crippen molar-refractivity contribution in [2.45, 2.75) is 30.6 Å². The number of benzene rings is 3. The minimum Gasteiger partial charge on any atom is -0.261 e. The summed E-state index contributed by atoms with van der Waals surface area (Å²) in [5, 5.41) is 11.2. The molecule has 0 aliphatic heterocycles. The Hall–Kier alpha value is -4.21. The summed E-state index contributed by atoms with van der Waals surface area (Å²) >= 11 is 1.50. The number of aryl methyl sites for hydroxylation is 1. The van der Waals surface area contributed by atoms with Crippen molar-refractivity contribution in [3.05, 3.63) is 103 Å². The first-order valence-corrected chi connectivity index (χ1v) is 14.9. The average molecular weight is 550 g/mol. The number of hydrogen-bond acceptors (Lipinski definition) is 7. The van der Waals surface area contributed by atoms with Crippen molar-refractivity contribution in [1.29, 1.82) is 0 Å². The Labute approximate surface area is 229 Å². The van der Waals surface area contributed by atoms with Crippen LogP contribution in [0.15, 0.2) is 96.3 Å². The van der Waals surface area contributed by atoms with Crippen LogP contribution in [0.1, 0.15) is 30.0 Å². The van der Waals surface area contributed by atoms with Gasteiger partial charge in [0.2, 0.25) is 0 Å². The molecule has 3 heterocycles. The lowest BCUT2D eigenvalue weighted by molar-refractivity contribution is 0.589. The molecule has 1 aliphatic rings. The van der Waals surface area contributed by atoms with E-state index in [2.05, 4.69) is 15.2 Å².